The van der Waals surface area contributed by atoms with Crippen LogP contribution in [0.25, 0.3) is 0 Å². The van der Waals surface area contributed by atoms with Crippen LogP contribution in [-0.4, -0.2) is 17.4 Å². The molecule has 2 rings (SSSR count). The lowest BCUT2D eigenvalue weighted by molar-refractivity contribution is 0.0946. The highest BCUT2D eigenvalue weighted by Crippen LogP contribution is 2.26. The van der Waals surface area contributed by atoms with E-state index in [4.69, 9.17) is 17.4 Å². The highest BCUT2D eigenvalue weighted by atomic mass is 35.5. The monoisotopic (exact) mass is 324 g/mol. The Morgan fingerprint density at radius 3 is 2.86 bits per heavy atom. The van der Waals surface area contributed by atoms with Crippen molar-refractivity contribution in [3.05, 3.63) is 45.2 Å². The zero-order valence-corrected chi connectivity index (χ0v) is 13.4. The van der Waals surface area contributed by atoms with Gasteiger partial charge in [0.1, 0.15) is 11.0 Å². The van der Waals surface area contributed by atoms with Gasteiger partial charge in [0.2, 0.25) is 0 Å². The number of pyridine rings is 1. The van der Waals surface area contributed by atoms with Gasteiger partial charge in [0, 0.05) is 22.4 Å². The van der Waals surface area contributed by atoms with Gasteiger partial charge in [0.05, 0.1) is 0 Å². The molecule has 0 aliphatic heterocycles. The van der Waals surface area contributed by atoms with Gasteiger partial charge in [-0.25, -0.2) is 10.8 Å². The Hall–Kier alpha value is -1.63. The lowest BCUT2D eigenvalue weighted by Crippen LogP contribution is -2.36. The minimum Gasteiger partial charge on any atom is -0.351 e. The number of nitrogen functional groups attached to an aromatic ring is 1. The number of halogens is 1. The number of aromatic nitrogens is 1. The number of amides is 1. The summed E-state index contributed by atoms with van der Waals surface area (Å²) in [5, 5.41) is 5.16. The first kappa shape index (κ1) is 15.8. The normalized spacial score (nSPS) is 11.2. The molecule has 4 N–H and O–H groups in total. The maximum absolute atomic E-state index is 12.2. The van der Waals surface area contributed by atoms with Gasteiger partial charge >= 0.3 is 0 Å². The van der Waals surface area contributed by atoms with Crippen LogP contribution in [-0.2, 0) is 5.41 Å². The molecule has 0 aliphatic rings. The Morgan fingerprint density at radius 2 is 2.24 bits per heavy atom. The van der Waals surface area contributed by atoms with Crippen LogP contribution in [0.4, 0.5) is 5.82 Å². The van der Waals surface area contributed by atoms with Crippen molar-refractivity contribution in [2.75, 3.05) is 12.0 Å². The van der Waals surface area contributed by atoms with Crippen molar-refractivity contribution in [2.24, 2.45) is 5.84 Å². The molecule has 7 heteroatoms. The van der Waals surface area contributed by atoms with Crippen molar-refractivity contribution < 1.29 is 4.79 Å². The van der Waals surface area contributed by atoms with Gasteiger partial charge in [-0.1, -0.05) is 31.5 Å². The van der Waals surface area contributed by atoms with E-state index in [2.05, 4.69) is 35.6 Å². The first-order valence-corrected chi connectivity index (χ1v) is 7.64. The number of nitrogens with zero attached hydrogens (tertiary/aromatic N) is 1. The number of rotatable bonds is 5. The van der Waals surface area contributed by atoms with Crippen LogP contribution >= 0.6 is 22.9 Å². The number of carbonyl (C=O) groups excluding carboxylic acids is 1. The fourth-order valence-electron chi connectivity index (χ4n) is 1.86. The molecule has 0 aromatic carbocycles. The highest BCUT2D eigenvalue weighted by Gasteiger charge is 2.22. The minimum absolute atomic E-state index is 0.129. The molecule has 0 unspecified atom stereocenters. The highest BCUT2D eigenvalue weighted by molar-refractivity contribution is 7.10. The van der Waals surface area contributed by atoms with Crippen molar-refractivity contribution in [1.82, 2.24) is 10.3 Å². The molecule has 0 saturated carbocycles. The van der Waals surface area contributed by atoms with E-state index in [9.17, 15) is 4.79 Å². The first-order chi connectivity index (χ1) is 9.92. The van der Waals surface area contributed by atoms with Gasteiger partial charge in [-0.05, 0) is 23.6 Å². The van der Waals surface area contributed by atoms with Gasteiger partial charge < -0.3 is 10.7 Å². The summed E-state index contributed by atoms with van der Waals surface area (Å²) in [6.07, 6.45) is 0. The average Bonchev–Trinajstić information content (AvgIpc) is 2.99. The second-order valence-corrected chi connectivity index (χ2v) is 6.59. The minimum atomic E-state index is -0.208. The van der Waals surface area contributed by atoms with Crippen LogP contribution in [0.5, 0.6) is 0 Å². The van der Waals surface area contributed by atoms with Crippen molar-refractivity contribution in [3.8, 4) is 0 Å². The summed E-state index contributed by atoms with van der Waals surface area (Å²) in [7, 11) is 0. The van der Waals surface area contributed by atoms with Crippen LogP contribution < -0.4 is 16.6 Å². The molecule has 0 atom stereocenters. The predicted octanol–water partition coefficient (Wildman–Crippen LogP) is 2.79. The van der Waals surface area contributed by atoms with E-state index in [1.807, 2.05) is 11.4 Å². The third-order valence-electron chi connectivity index (χ3n) is 3.08. The molecule has 1 amide bonds. The lowest BCUT2D eigenvalue weighted by atomic mass is 9.91. The van der Waals surface area contributed by atoms with Crippen LogP contribution in [0.3, 0.4) is 0 Å². The number of thiophene rings is 1. The Kier molecular flexibility index (Phi) is 4.82. The molecule has 0 bridgehead atoms. The Balaban J connectivity index is 2.07. The number of carbonyl (C=O) groups is 1. The maximum atomic E-state index is 12.2. The van der Waals surface area contributed by atoms with Crippen LogP contribution in [0, 0.1) is 0 Å². The second kappa shape index (κ2) is 6.43. The molecule has 112 valence electrons. The van der Waals surface area contributed by atoms with E-state index in [0.29, 0.717) is 17.9 Å². The molecule has 2 heterocycles. The quantitative estimate of drug-likeness (QED) is 0.449. The van der Waals surface area contributed by atoms with Crippen molar-refractivity contribution in [2.45, 2.75) is 19.3 Å². The largest absolute Gasteiger partial charge is 0.351 e. The van der Waals surface area contributed by atoms with Crippen LogP contribution in [0.1, 0.15) is 29.1 Å². The molecule has 0 radical (unpaired) electrons. The number of nitrogens with two attached hydrogens (primary N) is 1. The second-order valence-electron chi connectivity index (χ2n) is 5.25. The van der Waals surface area contributed by atoms with Crippen LogP contribution in [0.15, 0.2) is 29.6 Å². The fraction of sp³-hybridized carbons (Fsp3) is 0.286. The summed E-state index contributed by atoms with van der Waals surface area (Å²) < 4.78 is 0. The van der Waals surface area contributed by atoms with E-state index in [1.165, 1.54) is 10.9 Å². The van der Waals surface area contributed by atoms with Gasteiger partial charge in [-0.3, -0.25) is 4.79 Å². The molecule has 0 fully saturated rings. The molecule has 0 saturated heterocycles. The number of hydrogen-bond donors (Lipinski definition) is 3. The number of nitrogens with one attached hydrogen (secondary N) is 2. The van der Waals surface area contributed by atoms with Gasteiger partial charge in [0.15, 0.2) is 0 Å². The van der Waals surface area contributed by atoms with Crippen molar-refractivity contribution >= 4 is 34.7 Å². The molecular weight excluding hydrogens is 308 g/mol. The van der Waals surface area contributed by atoms with E-state index in [1.54, 1.807) is 17.4 Å². The van der Waals surface area contributed by atoms with E-state index in [0.717, 1.165) is 0 Å². The Morgan fingerprint density at radius 1 is 1.48 bits per heavy atom. The average molecular weight is 325 g/mol. The predicted molar refractivity (Wildman–Crippen MR) is 86.7 cm³/mol. The fourth-order valence-corrected chi connectivity index (χ4v) is 2.92. The summed E-state index contributed by atoms with van der Waals surface area (Å²) in [4.78, 5) is 17.4. The summed E-state index contributed by atoms with van der Waals surface area (Å²) >= 11 is 7.54. The van der Waals surface area contributed by atoms with Crippen molar-refractivity contribution in [3.63, 3.8) is 0 Å². The third kappa shape index (κ3) is 3.93. The van der Waals surface area contributed by atoms with Gasteiger partial charge in [0.25, 0.3) is 5.91 Å². The zero-order valence-electron chi connectivity index (χ0n) is 11.8. The first-order valence-electron chi connectivity index (χ1n) is 6.39. The van der Waals surface area contributed by atoms with E-state index >= 15 is 0 Å². The topological polar surface area (TPSA) is 80.0 Å². The van der Waals surface area contributed by atoms with Gasteiger partial charge in [-0.15, -0.1) is 11.3 Å². The molecular formula is C14H17ClN4OS. The standard InChI is InChI=1S/C14H17ClN4OS/c1-14(2,10-4-3-5-21-10)8-17-13(20)9-6-11(15)18-12(7-9)19-16/h3-7H,8,16H2,1-2H3,(H,17,20)(H,18,19). The SMILES string of the molecule is CC(C)(CNC(=O)c1cc(Cl)nc(NN)c1)c1cccs1. The molecule has 0 aliphatic carbocycles. The number of hydrogen-bond acceptors (Lipinski definition) is 5. The van der Waals surface area contributed by atoms with Gasteiger partial charge in [-0.2, -0.15) is 0 Å². The number of anilines is 1. The Bertz CT molecular complexity index is 628. The third-order valence-corrected chi connectivity index (χ3v) is 4.51. The summed E-state index contributed by atoms with van der Waals surface area (Å²) in [6.45, 7) is 4.70. The molecule has 2 aromatic heterocycles. The summed E-state index contributed by atoms with van der Waals surface area (Å²) in [5.41, 5.74) is 2.68. The van der Waals surface area contributed by atoms with E-state index in [-0.39, 0.29) is 16.5 Å². The van der Waals surface area contributed by atoms with E-state index < -0.39 is 0 Å². The molecule has 5 nitrogen and oxygen atoms in total. The zero-order chi connectivity index (χ0) is 15.5. The Labute approximate surface area is 132 Å². The maximum Gasteiger partial charge on any atom is 0.251 e. The summed E-state index contributed by atoms with van der Waals surface area (Å²) in [6, 6.07) is 7.14. The smallest absolute Gasteiger partial charge is 0.251 e. The van der Waals surface area contributed by atoms with Crippen LogP contribution in [0.2, 0.25) is 5.15 Å². The molecule has 2 aromatic rings. The number of hydrazine groups is 1. The summed E-state index contributed by atoms with van der Waals surface area (Å²) in [5.74, 6) is 5.44. The van der Waals surface area contributed by atoms with Crippen molar-refractivity contribution in [1.29, 1.82) is 0 Å². The lowest BCUT2D eigenvalue weighted by Gasteiger charge is -2.23. The molecule has 0 spiro atoms. The molecule has 21 heavy (non-hydrogen) atoms.